The first-order chi connectivity index (χ1) is 8.63. The lowest BCUT2D eigenvalue weighted by molar-refractivity contribution is 0.209. The molecule has 0 fully saturated rings. The van der Waals surface area contributed by atoms with Gasteiger partial charge in [-0.25, -0.2) is 9.78 Å². The van der Waals surface area contributed by atoms with Crippen LogP contribution in [0.2, 0.25) is 5.02 Å². The molecule has 0 unspecified atom stereocenters. The second kappa shape index (κ2) is 5.51. The number of carboxylic acid groups (broad SMARTS) is 1. The predicted octanol–water partition coefficient (Wildman–Crippen LogP) is 3.42. The van der Waals surface area contributed by atoms with Crippen LogP contribution in [0.15, 0.2) is 42.6 Å². The van der Waals surface area contributed by atoms with Gasteiger partial charge in [0.15, 0.2) is 0 Å². The molecule has 0 aliphatic heterocycles. The molecule has 1 aromatic heterocycles. The number of amides is 1. The molecule has 0 saturated heterocycles. The standard InChI is InChI=1S/C13H11ClN2O2/c14-11-3-1-2-9(7-11)6-10-4-5-15-12(8-10)16-13(17)18/h1-5,7-8H,6H2,(H,15,16)(H,17,18). The first-order valence-electron chi connectivity index (χ1n) is 5.33. The molecule has 0 atom stereocenters. The minimum atomic E-state index is -1.12. The summed E-state index contributed by atoms with van der Waals surface area (Å²) in [5, 5.41) is 11.5. The predicted molar refractivity (Wildman–Crippen MR) is 70.1 cm³/mol. The molecule has 5 heteroatoms. The van der Waals surface area contributed by atoms with E-state index in [-0.39, 0.29) is 0 Å². The average Bonchev–Trinajstić information content (AvgIpc) is 2.28. The Hall–Kier alpha value is -2.07. The summed E-state index contributed by atoms with van der Waals surface area (Å²) in [6, 6.07) is 11.1. The molecule has 0 aliphatic carbocycles. The molecule has 2 N–H and O–H groups in total. The molecule has 18 heavy (non-hydrogen) atoms. The summed E-state index contributed by atoms with van der Waals surface area (Å²) in [5.41, 5.74) is 2.03. The highest BCUT2D eigenvalue weighted by Gasteiger charge is 2.02. The number of carbonyl (C=O) groups is 1. The molecule has 1 aromatic carbocycles. The van der Waals surface area contributed by atoms with Gasteiger partial charge in [0.05, 0.1) is 0 Å². The molecule has 0 radical (unpaired) electrons. The summed E-state index contributed by atoms with van der Waals surface area (Å²) in [7, 11) is 0. The Morgan fingerprint density at radius 3 is 2.78 bits per heavy atom. The van der Waals surface area contributed by atoms with Gasteiger partial charge in [-0.05, 0) is 41.8 Å². The fourth-order valence-electron chi connectivity index (χ4n) is 1.64. The van der Waals surface area contributed by atoms with Crippen molar-refractivity contribution >= 4 is 23.5 Å². The smallest absolute Gasteiger partial charge is 0.410 e. The van der Waals surface area contributed by atoms with Gasteiger partial charge in [0, 0.05) is 11.2 Å². The van der Waals surface area contributed by atoms with Crippen molar-refractivity contribution in [1.82, 2.24) is 4.98 Å². The Balaban J connectivity index is 2.16. The molecule has 1 heterocycles. The minimum absolute atomic E-state index is 0.321. The van der Waals surface area contributed by atoms with Crippen LogP contribution in [-0.4, -0.2) is 16.2 Å². The first kappa shape index (κ1) is 12.4. The zero-order valence-electron chi connectivity index (χ0n) is 9.43. The summed E-state index contributed by atoms with van der Waals surface area (Å²) >= 11 is 5.91. The van der Waals surface area contributed by atoms with Crippen molar-refractivity contribution in [1.29, 1.82) is 0 Å². The summed E-state index contributed by atoms with van der Waals surface area (Å²) < 4.78 is 0. The largest absolute Gasteiger partial charge is 0.465 e. The fraction of sp³-hybridized carbons (Fsp3) is 0.0769. The van der Waals surface area contributed by atoms with Crippen molar-refractivity contribution in [3.63, 3.8) is 0 Å². The van der Waals surface area contributed by atoms with Crippen molar-refractivity contribution in [2.24, 2.45) is 0 Å². The van der Waals surface area contributed by atoms with Gasteiger partial charge in [-0.3, -0.25) is 5.32 Å². The molecule has 2 aromatic rings. The summed E-state index contributed by atoms with van der Waals surface area (Å²) in [6.45, 7) is 0. The Labute approximate surface area is 109 Å². The second-order valence-corrected chi connectivity index (χ2v) is 4.22. The number of aromatic nitrogens is 1. The SMILES string of the molecule is O=C(O)Nc1cc(Cc2cccc(Cl)c2)ccn1. The quantitative estimate of drug-likeness (QED) is 0.891. The maximum absolute atomic E-state index is 10.5. The third-order valence-corrected chi connectivity index (χ3v) is 2.59. The van der Waals surface area contributed by atoms with Gasteiger partial charge in [0.2, 0.25) is 0 Å². The molecular formula is C13H11ClN2O2. The van der Waals surface area contributed by atoms with Crippen LogP contribution in [0.3, 0.4) is 0 Å². The number of nitrogens with one attached hydrogen (secondary N) is 1. The van der Waals surface area contributed by atoms with Crippen LogP contribution < -0.4 is 5.32 Å². The van der Waals surface area contributed by atoms with Crippen molar-refractivity contribution in [2.75, 3.05) is 5.32 Å². The lowest BCUT2D eigenvalue weighted by Crippen LogP contribution is -2.08. The number of benzene rings is 1. The summed E-state index contributed by atoms with van der Waals surface area (Å²) in [5.74, 6) is 0.321. The van der Waals surface area contributed by atoms with E-state index >= 15 is 0 Å². The van der Waals surface area contributed by atoms with Gasteiger partial charge >= 0.3 is 6.09 Å². The van der Waals surface area contributed by atoms with Crippen molar-refractivity contribution in [2.45, 2.75) is 6.42 Å². The molecule has 0 saturated carbocycles. The van der Waals surface area contributed by atoms with E-state index in [1.165, 1.54) is 0 Å². The summed E-state index contributed by atoms with van der Waals surface area (Å²) in [4.78, 5) is 14.4. The van der Waals surface area contributed by atoms with E-state index in [1.54, 1.807) is 12.3 Å². The maximum atomic E-state index is 10.5. The topological polar surface area (TPSA) is 62.2 Å². The van der Waals surface area contributed by atoms with E-state index < -0.39 is 6.09 Å². The molecule has 0 aliphatic rings. The van der Waals surface area contributed by atoms with Crippen LogP contribution in [0.25, 0.3) is 0 Å². The van der Waals surface area contributed by atoms with Crippen LogP contribution >= 0.6 is 11.6 Å². The third kappa shape index (κ3) is 3.46. The zero-order valence-corrected chi connectivity index (χ0v) is 10.2. The van der Waals surface area contributed by atoms with Crippen LogP contribution in [0.5, 0.6) is 0 Å². The lowest BCUT2D eigenvalue weighted by atomic mass is 10.1. The molecule has 4 nitrogen and oxygen atoms in total. The lowest BCUT2D eigenvalue weighted by Gasteiger charge is -2.05. The van der Waals surface area contributed by atoms with Crippen molar-refractivity contribution in [3.05, 3.63) is 58.7 Å². The van der Waals surface area contributed by atoms with Crippen LogP contribution in [0.4, 0.5) is 10.6 Å². The Bertz CT molecular complexity index is 572. The maximum Gasteiger partial charge on any atom is 0.410 e. The highest BCUT2D eigenvalue weighted by atomic mass is 35.5. The highest BCUT2D eigenvalue weighted by molar-refractivity contribution is 6.30. The van der Waals surface area contributed by atoms with Gasteiger partial charge in [0.25, 0.3) is 0 Å². The fourth-order valence-corrected chi connectivity index (χ4v) is 1.86. The number of hydrogen-bond acceptors (Lipinski definition) is 2. The van der Waals surface area contributed by atoms with E-state index in [0.29, 0.717) is 17.3 Å². The van der Waals surface area contributed by atoms with E-state index in [0.717, 1.165) is 11.1 Å². The van der Waals surface area contributed by atoms with Crippen molar-refractivity contribution in [3.8, 4) is 0 Å². The van der Waals surface area contributed by atoms with Crippen LogP contribution in [-0.2, 0) is 6.42 Å². The third-order valence-electron chi connectivity index (χ3n) is 2.36. The number of anilines is 1. The normalized spacial score (nSPS) is 10.1. The molecule has 92 valence electrons. The highest BCUT2D eigenvalue weighted by Crippen LogP contribution is 2.16. The van der Waals surface area contributed by atoms with Gasteiger partial charge in [-0.1, -0.05) is 23.7 Å². The van der Waals surface area contributed by atoms with E-state index in [1.807, 2.05) is 30.3 Å². The van der Waals surface area contributed by atoms with Gasteiger partial charge < -0.3 is 5.11 Å². The Morgan fingerprint density at radius 1 is 1.28 bits per heavy atom. The minimum Gasteiger partial charge on any atom is -0.465 e. The monoisotopic (exact) mass is 262 g/mol. The number of nitrogens with zero attached hydrogens (tertiary/aromatic N) is 1. The number of rotatable bonds is 3. The van der Waals surface area contributed by atoms with Crippen LogP contribution in [0.1, 0.15) is 11.1 Å². The average molecular weight is 263 g/mol. The molecule has 0 bridgehead atoms. The molecule has 0 spiro atoms. The Kier molecular flexibility index (Phi) is 3.79. The number of hydrogen-bond donors (Lipinski definition) is 2. The van der Waals surface area contributed by atoms with Gasteiger partial charge in [-0.2, -0.15) is 0 Å². The first-order valence-corrected chi connectivity index (χ1v) is 5.70. The van der Waals surface area contributed by atoms with Crippen LogP contribution in [0, 0.1) is 0 Å². The van der Waals surface area contributed by atoms with E-state index in [2.05, 4.69) is 10.3 Å². The zero-order chi connectivity index (χ0) is 13.0. The van der Waals surface area contributed by atoms with Gasteiger partial charge in [-0.15, -0.1) is 0 Å². The summed E-state index contributed by atoms with van der Waals surface area (Å²) in [6.07, 6.45) is 1.13. The van der Waals surface area contributed by atoms with E-state index in [9.17, 15) is 4.79 Å². The number of pyridine rings is 1. The molecule has 1 amide bonds. The molecule has 2 rings (SSSR count). The Morgan fingerprint density at radius 2 is 2.06 bits per heavy atom. The molecular weight excluding hydrogens is 252 g/mol. The van der Waals surface area contributed by atoms with Gasteiger partial charge in [0.1, 0.15) is 5.82 Å². The number of halogens is 1. The second-order valence-electron chi connectivity index (χ2n) is 3.79. The van der Waals surface area contributed by atoms with Crippen molar-refractivity contribution < 1.29 is 9.90 Å². The van der Waals surface area contributed by atoms with E-state index in [4.69, 9.17) is 16.7 Å².